The largest absolute Gasteiger partial charge is 1.00 e. The number of alkyl halides is 14. The quantitative estimate of drug-likeness (QED) is 0.0509. The topological polar surface area (TPSA) is 125 Å². The molecule has 0 aromatic heterocycles. The minimum atomic E-state index is -7.41. The minimum absolute atomic E-state index is 0. The van der Waals surface area contributed by atoms with E-state index in [9.17, 15) is 81.7 Å². The van der Waals surface area contributed by atoms with Gasteiger partial charge in [-0.25, -0.2) is 4.99 Å². The van der Waals surface area contributed by atoms with Gasteiger partial charge in [0.05, 0.1) is 9.85 Å². The van der Waals surface area contributed by atoms with Crippen LogP contribution in [0.3, 0.4) is 0 Å². The van der Waals surface area contributed by atoms with Crippen LogP contribution in [0, 0.1) is 20.2 Å². The van der Waals surface area contributed by atoms with Crippen LogP contribution in [0.15, 0.2) is 71.7 Å². The minimum Gasteiger partial charge on any atom is -0.429 e. The van der Waals surface area contributed by atoms with E-state index in [1.165, 1.54) is 0 Å². The van der Waals surface area contributed by atoms with Crippen LogP contribution in [0.25, 0.3) is 5.32 Å². The summed E-state index contributed by atoms with van der Waals surface area (Å²) in [4.78, 5) is 23.3. The number of halogens is 14. The number of hydrogen-bond acceptors (Lipinski definition) is 5. The second-order valence-corrected chi connectivity index (χ2v) is 7.77. The standard InChI is InChI=1S/C20H8F14N5O4.C2H4.Cu/c21-15(22,17(25,26)19(29,30)31)13(35-9-5-1-3-7-11(9)38(40)41)37-14(16(23,24)18(27,28)20(32,33)34)36-10-6-2-4-8-12(10)39(42)43;1-2;/h1-8H;1-2H2;/q-1;;+1. The summed E-state index contributed by atoms with van der Waals surface area (Å²) in [6, 6.07) is 3.94. The number of rotatable bonds is 8. The predicted octanol–water partition coefficient (Wildman–Crippen LogP) is 9.10. The molecule has 0 amide bonds. The van der Waals surface area contributed by atoms with Crippen LogP contribution in [0.2, 0.25) is 0 Å². The molecule has 24 heteroatoms. The second kappa shape index (κ2) is 14.4. The van der Waals surface area contributed by atoms with Crippen LogP contribution in [0.5, 0.6) is 0 Å². The maximum Gasteiger partial charge on any atom is 1.00 e. The van der Waals surface area contributed by atoms with Crippen LogP contribution in [-0.4, -0.2) is 57.6 Å². The van der Waals surface area contributed by atoms with Crippen LogP contribution in [-0.2, 0) is 17.1 Å². The van der Waals surface area contributed by atoms with Gasteiger partial charge in [-0.2, -0.15) is 61.5 Å². The van der Waals surface area contributed by atoms with Crippen LogP contribution >= 0.6 is 0 Å². The maximum atomic E-state index is 14.7. The van der Waals surface area contributed by atoms with Crippen molar-refractivity contribution in [1.29, 1.82) is 0 Å². The molecular weight excluding hydrogens is 728 g/mol. The van der Waals surface area contributed by atoms with Gasteiger partial charge in [-0.05, 0) is 11.9 Å². The van der Waals surface area contributed by atoms with Gasteiger partial charge in [-0.3, -0.25) is 20.2 Å². The summed E-state index contributed by atoms with van der Waals surface area (Å²) >= 11 is 0. The van der Waals surface area contributed by atoms with Crippen LogP contribution in [0.1, 0.15) is 0 Å². The smallest absolute Gasteiger partial charge is 0.429 e. The molecule has 0 heterocycles. The van der Waals surface area contributed by atoms with Crippen molar-refractivity contribution in [2.45, 2.75) is 36.0 Å². The molecule has 0 unspecified atom stereocenters. The first-order valence-corrected chi connectivity index (χ1v) is 10.8. The molecule has 0 saturated carbocycles. The molecular formula is C22H12CuF14N5O4. The van der Waals surface area contributed by atoms with E-state index in [1.54, 1.807) is 4.99 Å². The van der Waals surface area contributed by atoms with Gasteiger partial charge in [0, 0.05) is 17.8 Å². The molecule has 9 nitrogen and oxygen atoms in total. The van der Waals surface area contributed by atoms with E-state index in [2.05, 4.69) is 23.5 Å². The fourth-order valence-corrected chi connectivity index (χ4v) is 2.72. The average Bonchev–Trinajstić information content (AvgIpc) is 2.92. The SMILES string of the molecule is C=C.O=[N+]([O-])c1ccccc1N=C(N=C([N-]c1ccccc1[N+](=O)[O-])C(F)(F)C(F)(F)C(F)(F)F)C(F)(F)C(F)(F)C(F)(F)F.[Cu+]. The van der Waals surface area contributed by atoms with E-state index in [0.29, 0.717) is 24.3 Å². The average molecular weight is 740 g/mol. The van der Waals surface area contributed by atoms with Gasteiger partial charge in [0.1, 0.15) is 11.5 Å². The van der Waals surface area contributed by atoms with Crippen molar-refractivity contribution in [2.24, 2.45) is 9.98 Å². The molecule has 0 radical (unpaired) electrons. The summed E-state index contributed by atoms with van der Waals surface area (Å²) in [6.07, 6.45) is -14.6. The predicted molar refractivity (Wildman–Crippen MR) is 127 cm³/mol. The number of para-hydroxylation sites is 4. The summed E-state index contributed by atoms with van der Waals surface area (Å²) in [7, 11) is 0. The van der Waals surface area contributed by atoms with Crippen molar-refractivity contribution >= 4 is 34.4 Å². The number of aliphatic imine (C=N–C) groups is 2. The summed E-state index contributed by atoms with van der Waals surface area (Å²) in [5, 5.41) is 24.6. The first kappa shape index (κ1) is 41.7. The van der Waals surface area contributed by atoms with Gasteiger partial charge in [-0.15, -0.1) is 13.2 Å². The molecule has 2 aromatic rings. The van der Waals surface area contributed by atoms with Gasteiger partial charge in [0.2, 0.25) is 0 Å². The molecule has 0 N–H and O–H groups in total. The Morgan fingerprint density at radius 1 is 0.652 bits per heavy atom. The Hall–Kier alpha value is -4.34. The van der Waals surface area contributed by atoms with Crippen LogP contribution in [0.4, 0.5) is 84.2 Å². The van der Waals surface area contributed by atoms with E-state index < -0.39 is 80.3 Å². The Bertz CT molecular complexity index is 1480. The molecule has 0 aliphatic carbocycles. The van der Waals surface area contributed by atoms with E-state index >= 15 is 0 Å². The van der Waals surface area contributed by atoms with Crippen molar-refractivity contribution < 1.29 is 88.4 Å². The van der Waals surface area contributed by atoms with E-state index in [1.807, 2.05) is 0 Å². The normalized spacial score (nSPS) is 13.6. The maximum absolute atomic E-state index is 14.7. The molecule has 46 heavy (non-hydrogen) atoms. The van der Waals surface area contributed by atoms with E-state index in [-0.39, 0.29) is 29.2 Å². The zero-order valence-electron chi connectivity index (χ0n) is 21.5. The van der Waals surface area contributed by atoms with Crippen molar-refractivity contribution in [3.05, 3.63) is 87.2 Å². The molecule has 0 bridgehead atoms. The molecule has 2 rings (SSSR count). The Morgan fingerprint density at radius 2 is 1.04 bits per heavy atom. The number of hydrogen-bond donors (Lipinski definition) is 0. The van der Waals surface area contributed by atoms with E-state index in [4.69, 9.17) is 0 Å². The Labute approximate surface area is 256 Å². The van der Waals surface area contributed by atoms with Crippen molar-refractivity contribution in [2.75, 3.05) is 0 Å². The third kappa shape index (κ3) is 8.08. The zero-order chi connectivity index (χ0) is 35.4. The second-order valence-electron chi connectivity index (χ2n) is 7.77. The summed E-state index contributed by atoms with van der Waals surface area (Å²) in [6.45, 7) is 6.00. The molecule has 258 valence electrons. The number of nitro benzene ring substituents is 2. The van der Waals surface area contributed by atoms with Gasteiger partial charge in [-0.1, -0.05) is 30.3 Å². The zero-order valence-corrected chi connectivity index (χ0v) is 22.4. The first-order chi connectivity index (χ1) is 20.3. The molecule has 0 spiro atoms. The summed E-state index contributed by atoms with van der Waals surface area (Å²) < 4.78 is 192. The van der Waals surface area contributed by atoms with Crippen molar-refractivity contribution in [3.8, 4) is 0 Å². The van der Waals surface area contributed by atoms with Gasteiger partial charge in [0.15, 0.2) is 0 Å². The fourth-order valence-electron chi connectivity index (χ4n) is 2.72. The first-order valence-electron chi connectivity index (χ1n) is 10.8. The third-order valence-corrected chi connectivity index (χ3v) is 4.88. The third-order valence-electron chi connectivity index (χ3n) is 4.88. The van der Waals surface area contributed by atoms with Crippen molar-refractivity contribution in [3.63, 3.8) is 0 Å². The molecule has 0 aliphatic heterocycles. The Kier molecular flexibility index (Phi) is 13.0. The van der Waals surface area contributed by atoms with Gasteiger partial charge >= 0.3 is 53.1 Å². The number of nitrogens with zero attached hydrogens (tertiary/aromatic N) is 5. The molecule has 0 atom stereocenters. The van der Waals surface area contributed by atoms with Crippen LogP contribution < -0.4 is 0 Å². The molecule has 0 fully saturated rings. The summed E-state index contributed by atoms with van der Waals surface area (Å²) in [5.41, 5.74) is -6.32. The Morgan fingerprint density at radius 3 is 1.48 bits per heavy atom. The monoisotopic (exact) mass is 739 g/mol. The number of amidine groups is 2. The van der Waals surface area contributed by atoms with E-state index in [0.717, 1.165) is 12.1 Å². The molecule has 0 saturated heterocycles. The fraction of sp³-hybridized carbons (Fsp3) is 0.273. The Balaban J connectivity index is 0.00000661. The van der Waals surface area contributed by atoms with Crippen molar-refractivity contribution in [1.82, 2.24) is 0 Å². The summed E-state index contributed by atoms with van der Waals surface area (Å²) in [5.74, 6) is -36.2. The van der Waals surface area contributed by atoms with Gasteiger partial charge in [0.25, 0.3) is 11.4 Å². The molecule has 2 aromatic carbocycles. The molecule has 0 aliphatic rings. The van der Waals surface area contributed by atoms with Gasteiger partial charge < -0.3 is 10.3 Å². The number of benzene rings is 2. The number of nitro groups is 2.